The van der Waals surface area contributed by atoms with Gasteiger partial charge < -0.3 is 15.1 Å². The van der Waals surface area contributed by atoms with Gasteiger partial charge in [0.25, 0.3) is 0 Å². The second-order valence-electron chi connectivity index (χ2n) is 5.65. The van der Waals surface area contributed by atoms with E-state index in [4.69, 9.17) is 4.98 Å². The molecule has 0 amide bonds. The Kier molecular flexibility index (Phi) is 3.96. The van der Waals surface area contributed by atoms with Gasteiger partial charge in [-0.1, -0.05) is 0 Å². The molecule has 6 heteroatoms. The van der Waals surface area contributed by atoms with Crippen LogP contribution in [0.4, 0.5) is 5.82 Å². The smallest absolute Gasteiger partial charge is 0.195 e. The first kappa shape index (κ1) is 13.9. The first-order valence-electron chi connectivity index (χ1n) is 7.21. The first-order chi connectivity index (χ1) is 9.70. The molecule has 1 saturated heterocycles. The van der Waals surface area contributed by atoms with Crippen molar-refractivity contribution in [3.63, 3.8) is 0 Å². The van der Waals surface area contributed by atoms with Gasteiger partial charge in [0.2, 0.25) is 0 Å². The van der Waals surface area contributed by atoms with Crippen LogP contribution in [0, 0.1) is 0 Å². The van der Waals surface area contributed by atoms with Crippen molar-refractivity contribution in [3.8, 4) is 0 Å². The fourth-order valence-corrected chi connectivity index (χ4v) is 3.73. The third kappa shape index (κ3) is 2.43. The number of hydrogen-bond donors (Lipinski definition) is 1. The number of piperidine rings is 1. The van der Waals surface area contributed by atoms with E-state index in [-0.39, 0.29) is 0 Å². The quantitative estimate of drug-likeness (QED) is 0.930. The summed E-state index contributed by atoms with van der Waals surface area (Å²) in [6, 6.07) is 0.711. The molecule has 0 spiro atoms. The van der Waals surface area contributed by atoms with Crippen LogP contribution in [-0.2, 0) is 6.54 Å². The number of fused-ring (bicyclic) bond motifs is 1. The Morgan fingerprint density at radius 1 is 1.40 bits per heavy atom. The molecular formula is C14H23N5S. The molecule has 1 N–H and O–H groups in total. The zero-order chi connectivity index (χ0) is 14.1. The molecule has 0 atom stereocenters. The van der Waals surface area contributed by atoms with Gasteiger partial charge in [-0.2, -0.15) is 0 Å². The third-order valence-corrected chi connectivity index (χ3v) is 4.94. The standard InChI is InChI=1S/C14H23N5S/c1-15-10-12-13(16-14-19(12)8-9-20-14)18-6-4-11(5-7-18)17(2)3/h8-9,11,15H,4-7,10H2,1-3H3. The molecule has 110 valence electrons. The van der Waals surface area contributed by atoms with E-state index in [1.165, 1.54) is 24.4 Å². The van der Waals surface area contributed by atoms with Crippen molar-refractivity contribution in [1.29, 1.82) is 0 Å². The average molecular weight is 293 g/mol. The molecule has 0 radical (unpaired) electrons. The van der Waals surface area contributed by atoms with Crippen LogP contribution in [0.1, 0.15) is 18.5 Å². The molecule has 3 rings (SSSR count). The lowest BCUT2D eigenvalue weighted by Crippen LogP contribution is -2.42. The van der Waals surface area contributed by atoms with E-state index >= 15 is 0 Å². The second-order valence-corrected chi connectivity index (χ2v) is 6.52. The molecule has 1 aliphatic rings. The number of rotatable bonds is 4. The molecule has 0 aromatic carbocycles. The molecule has 0 aliphatic carbocycles. The van der Waals surface area contributed by atoms with Crippen LogP contribution in [0.2, 0.25) is 0 Å². The van der Waals surface area contributed by atoms with E-state index in [2.05, 4.69) is 45.2 Å². The van der Waals surface area contributed by atoms with Gasteiger partial charge in [-0.25, -0.2) is 4.98 Å². The predicted molar refractivity (Wildman–Crippen MR) is 84.8 cm³/mol. The number of hydrogen-bond acceptors (Lipinski definition) is 5. The third-order valence-electron chi connectivity index (χ3n) is 4.18. The maximum atomic E-state index is 4.84. The Bertz CT molecular complexity index is 565. The molecule has 1 aliphatic heterocycles. The van der Waals surface area contributed by atoms with Crippen LogP contribution in [0.3, 0.4) is 0 Å². The molecule has 2 aromatic heterocycles. The SMILES string of the molecule is CNCc1c(N2CCC(N(C)C)CC2)nc2sccn12. The van der Waals surface area contributed by atoms with Crippen LogP contribution < -0.4 is 10.2 Å². The number of nitrogens with zero attached hydrogens (tertiary/aromatic N) is 4. The van der Waals surface area contributed by atoms with Crippen molar-refractivity contribution in [2.45, 2.75) is 25.4 Å². The number of nitrogens with one attached hydrogen (secondary N) is 1. The highest BCUT2D eigenvalue weighted by Crippen LogP contribution is 2.27. The Morgan fingerprint density at radius 2 is 2.15 bits per heavy atom. The predicted octanol–water partition coefficient (Wildman–Crippen LogP) is 1.65. The molecule has 2 aromatic rings. The van der Waals surface area contributed by atoms with Crippen LogP contribution in [0.5, 0.6) is 0 Å². The minimum Gasteiger partial charge on any atom is -0.355 e. The molecule has 20 heavy (non-hydrogen) atoms. The maximum Gasteiger partial charge on any atom is 0.195 e. The minimum atomic E-state index is 0.711. The normalized spacial score (nSPS) is 17.5. The zero-order valence-electron chi connectivity index (χ0n) is 12.5. The van der Waals surface area contributed by atoms with Gasteiger partial charge in [0.1, 0.15) is 0 Å². The van der Waals surface area contributed by atoms with Crippen molar-refractivity contribution in [2.75, 3.05) is 39.1 Å². The number of imidazole rings is 1. The van der Waals surface area contributed by atoms with Gasteiger partial charge >= 0.3 is 0 Å². The lowest BCUT2D eigenvalue weighted by Gasteiger charge is -2.35. The molecule has 1 fully saturated rings. The molecular weight excluding hydrogens is 270 g/mol. The summed E-state index contributed by atoms with van der Waals surface area (Å²) >= 11 is 1.71. The summed E-state index contributed by atoms with van der Waals surface area (Å²) in [5, 5.41) is 5.37. The van der Waals surface area contributed by atoms with E-state index in [9.17, 15) is 0 Å². The highest BCUT2D eigenvalue weighted by Gasteiger charge is 2.25. The lowest BCUT2D eigenvalue weighted by atomic mass is 10.0. The van der Waals surface area contributed by atoms with Crippen molar-refractivity contribution in [2.24, 2.45) is 0 Å². The molecule has 0 bridgehead atoms. The molecule has 0 unspecified atom stereocenters. The van der Waals surface area contributed by atoms with Gasteiger partial charge in [-0.3, -0.25) is 4.40 Å². The van der Waals surface area contributed by atoms with Crippen molar-refractivity contribution < 1.29 is 0 Å². The fraction of sp³-hybridized carbons (Fsp3) is 0.643. The second kappa shape index (κ2) is 5.71. The van der Waals surface area contributed by atoms with Crippen LogP contribution >= 0.6 is 11.3 Å². The summed E-state index contributed by atoms with van der Waals surface area (Å²) in [6.07, 6.45) is 4.56. The fourth-order valence-electron chi connectivity index (χ4n) is 3.00. The summed E-state index contributed by atoms with van der Waals surface area (Å²) in [6.45, 7) is 3.07. The molecule has 5 nitrogen and oxygen atoms in total. The first-order valence-corrected chi connectivity index (χ1v) is 8.09. The summed E-state index contributed by atoms with van der Waals surface area (Å²) < 4.78 is 2.22. The Balaban J connectivity index is 1.83. The largest absolute Gasteiger partial charge is 0.355 e. The number of aromatic nitrogens is 2. The number of anilines is 1. The van der Waals surface area contributed by atoms with E-state index in [1.807, 2.05) is 7.05 Å². The van der Waals surface area contributed by atoms with Gasteiger partial charge in [0, 0.05) is 37.3 Å². The van der Waals surface area contributed by atoms with Gasteiger partial charge in [0.15, 0.2) is 10.8 Å². The molecule has 0 saturated carbocycles. The van der Waals surface area contributed by atoms with E-state index in [0.717, 1.165) is 24.6 Å². The minimum absolute atomic E-state index is 0.711. The van der Waals surface area contributed by atoms with E-state index < -0.39 is 0 Å². The van der Waals surface area contributed by atoms with E-state index in [0.29, 0.717) is 6.04 Å². The highest BCUT2D eigenvalue weighted by atomic mass is 32.1. The van der Waals surface area contributed by atoms with Crippen LogP contribution in [0.25, 0.3) is 4.96 Å². The monoisotopic (exact) mass is 293 g/mol. The summed E-state index contributed by atoms with van der Waals surface area (Å²) in [7, 11) is 6.35. The summed E-state index contributed by atoms with van der Waals surface area (Å²) in [5.74, 6) is 1.17. The molecule has 3 heterocycles. The Morgan fingerprint density at radius 3 is 2.80 bits per heavy atom. The topological polar surface area (TPSA) is 35.8 Å². The van der Waals surface area contributed by atoms with Crippen LogP contribution in [0.15, 0.2) is 11.6 Å². The summed E-state index contributed by atoms with van der Waals surface area (Å²) in [4.78, 5) is 10.7. The van der Waals surface area contributed by atoms with Crippen molar-refractivity contribution in [1.82, 2.24) is 19.6 Å². The van der Waals surface area contributed by atoms with Gasteiger partial charge in [0.05, 0.1) is 5.69 Å². The van der Waals surface area contributed by atoms with Gasteiger partial charge in [-0.05, 0) is 34.0 Å². The van der Waals surface area contributed by atoms with E-state index in [1.54, 1.807) is 11.3 Å². The lowest BCUT2D eigenvalue weighted by molar-refractivity contribution is 0.249. The van der Waals surface area contributed by atoms with Crippen LogP contribution in [-0.4, -0.2) is 54.6 Å². The summed E-state index contributed by atoms with van der Waals surface area (Å²) in [5.41, 5.74) is 1.28. The zero-order valence-corrected chi connectivity index (χ0v) is 13.3. The van der Waals surface area contributed by atoms with Crippen molar-refractivity contribution in [3.05, 3.63) is 17.3 Å². The Hall–Kier alpha value is -1.11. The van der Waals surface area contributed by atoms with Crippen molar-refractivity contribution >= 4 is 22.1 Å². The number of thiazole rings is 1. The maximum absolute atomic E-state index is 4.84. The highest BCUT2D eigenvalue weighted by molar-refractivity contribution is 7.15. The van der Waals surface area contributed by atoms with Gasteiger partial charge in [-0.15, -0.1) is 11.3 Å². The average Bonchev–Trinajstić information content (AvgIpc) is 3.02. The Labute approximate surface area is 124 Å².